The summed E-state index contributed by atoms with van der Waals surface area (Å²) in [5.74, 6) is -5.49. The molecule has 1 saturated heterocycles. The van der Waals surface area contributed by atoms with Gasteiger partial charge in [0.15, 0.2) is 17.0 Å². The zero-order valence-electron chi connectivity index (χ0n) is 17.6. The number of carboxylic acid groups (broad SMARTS) is 1. The summed E-state index contributed by atoms with van der Waals surface area (Å²) in [4.78, 5) is 38.1. The summed E-state index contributed by atoms with van der Waals surface area (Å²) in [6, 6.07) is -0.826. The van der Waals surface area contributed by atoms with E-state index in [0.717, 1.165) is 0 Å². The lowest BCUT2D eigenvalue weighted by Crippen LogP contribution is -2.52. The van der Waals surface area contributed by atoms with Gasteiger partial charge in [-0.1, -0.05) is 20.3 Å². The number of halogens is 4. The minimum absolute atomic E-state index is 0. The topological polar surface area (TPSA) is 113 Å². The minimum atomic E-state index is -1.31. The molecule has 0 aliphatic carbocycles. The Balaban J connectivity index is 0.00000512. The van der Waals surface area contributed by atoms with Crippen LogP contribution in [-0.2, 0) is 20.8 Å². The highest BCUT2D eigenvalue weighted by atomic mass is 35.5. The van der Waals surface area contributed by atoms with Crippen LogP contribution in [0.5, 0.6) is 0 Å². The lowest BCUT2D eigenvalue weighted by atomic mass is 9.99. The fourth-order valence-corrected chi connectivity index (χ4v) is 4.41. The molecule has 1 aliphatic rings. The zero-order valence-corrected chi connectivity index (χ0v) is 19.3. The van der Waals surface area contributed by atoms with E-state index < -0.39 is 52.7 Å². The first-order valence-corrected chi connectivity index (χ1v) is 10.9. The summed E-state index contributed by atoms with van der Waals surface area (Å²) >= 11 is 1.21. The van der Waals surface area contributed by atoms with E-state index in [-0.39, 0.29) is 43.3 Å². The molecule has 180 valence electrons. The second kappa shape index (κ2) is 12.3. The maximum atomic E-state index is 13.8. The SMILES string of the molecule is CC[C@H](C)[C@H](NC(=O)C1SCCN1C(=O)C[C@H](N)Cc1cc(F)c(F)cc1F)C(=O)O.Cl. The number of nitrogens with two attached hydrogens (primary N) is 1. The van der Waals surface area contributed by atoms with Gasteiger partial charge in [0, 0.05) is 30.8 Å². The van der Waals surface area contributed by atoms with Gasteiger partial charge < -0.3 is 21.1 Å². The molecule has 0 aromatic heterocycles. The van der Waals surface area contributed by atoms with E-state index in [1.807, 2.05) is 6.92 Å². The Kier molecular flexibility index (Phi) is 10.8. The van der Waals surface area contributed by atoms with Gasteiger partial charge in [0.2, 0.25) is 5.91 Å². The first-order valence-electron chi connectivity index (χ1n) is 9.88. The lowest BCUT2D eigenvalue weighted by Gasteiger charge is -2.27. The van der Waals surface area contributed by atoms with Crippen LogP contribution in [0.25, 0.3) is 0 Å². The highest BCUT2D eigenvalue weighted by Crippen LogP contribution is 2.26. The van der Waals surface area contributed by atoms with Gasteiger partial charge in [-0.05, 0) is 24.0 Å². The van der Waals surface area contributed by atoms with Gasteiger partial charge >= 0.3 is 5.97 Å². The summed E-state index contributed by atoms with van der Waals surface area (Å²) in [7, 11) is 0. The first kappa shape index (κ1) is 28.1. The molecule has 2 rings (SSSR count). The van der Waals surface area contributed by atoms with E-state index in [0.29, 0.717) is 24.3 Å². The maximum Gasteiger partial charge on any atom is 0.326 e. The largest absolute Gasteiger partial charge is 0.480 e. The number of carbonyl (C=O) groups is 3. The van der Waals surface area contributed by atoms with E-state index in [1.165, 1.54) is 16.7 Å². The number of benzene rings is 1. The predicted molar refractivity (Wildman–Crippen MR) is 117 cm³/mol. The van der Waals surface area contributed by atoms with Crippen molar-refractivity contribution in [3.63, 3.8) is 0 Å². The molecule has 0 bridgehead atoms. The summed E-state index contributed by atoms with van der Waals surface area (Å²) in [6.07, 6.45) is 0.116. The molecule has 1 aromatic carbocycles. The average Bonchev–Trinajstić information content (AvgIpc) is 3.19. The molecule has 1 aliphatic heterocycles. The normalized spacial score (nSPS) is 18.4. The Morgan fingerprint density at radius 3 is 2.47 bits per heavy atom. The molecule has 1 fully saturated rings. The van der Waals surface area contributed by atoms with E-state index in [2.05, 4.69) is 5.32 Å². The third kappa shape index (κ3) is 7.01. The van der Waals surface area contributed by atoms with Gasteiger partial charge in [-0.2, -0.15) is 0 Å². The van der Waals surface area contributed by atoms with Crippen molar-refractivity contribution >= 4 is 42.0 Å². The van der Waals surface area contributed by atoms with Crippen LogP contribution in [0.3, 0.4) is 0 Å². The van der Waals surface area contributed by atoms with Crippen LogP contribution in [0, 0.1) is 23.4 Å². The Morgan fingerprint density at radius 2 is 1.88 bits per heavy atom. The highest BCUT2D eigenvalue weighted by Gasteiger charge is 2.37. The zero-order chi connectivity index (χ0) is 23.3. The molecule has 12 heteroatoms. The molecule has 32 heavy (non-hydrogen) atoms. The van der Waals surface area contributed by atoms with Crippen LogP contribution in [0.1, 0.15) is 32.3 Å². The number of nitrogens with one attached hydrogen (secondary N) is 1. The Bertz CT molecular complexity index is 849. The molecule has 2 amide bonds. The quantitative estimate of drug-likeness (QED) is 0.451. The van der Waals surface area contributed by atoms with Crippen molar-refractivity contribution in [2.45, 2.75) is 50.6 Å². The number of thioether (sulfide) groups is 1. The molecule has 7 nitrogen and oxygen atoms in total. The van der Waals surface area contributed by atoms with Crippen molar-refractivity contribution in [3.8, 4) is 0 Å². The standard InChI is InChI=1S/C20H26F3N3O4S.ClH/c1-3-10(2)17(20(29)30)25-18(28)19-26(4-5-31-19)16(27)8-12(24)6-11-7-14(22)15(23)9-13(11)21;/h7,9-10,12,17,19H,3-6,8,24H2,1-2H3,(H,25,28)(H,29,30);1H/t10-,12+,17-,19?;/m0./s1. The number of carboxylic acids is 1. The van der Waals surface area contributed by atoms with Crippen LogP contribution in [0.15, 0.2) is 12.1 Å². The molecule has 1 aromatic rings. The number of nitrogens with zero attached hydrogens (tertiary/aromatic N) is 1. The van der Waals surface area contributed by atoms with E-state index in [9.17, 15) is 32.7 Å². The Labute approximate surface area is 194 Å². The molecule has 4 N–H and O–H groups in total. The van der Waals surface area contributed by atoms with Gasteiger partial charge in [0.25, 0.3) is 5.91 Å². The van der Waals surface area contributed by atoms with Crippen molar-refractivity contribution in [1.82, 2.24) is 10.2 Å². The number of amides is 2. The van der Waals surface area contributed by atoms with Gasteiger partial charge in [0.05, 0.1) is 0 Å². The molecule has 4 atom stereocenters. The smallest absolute Gasteiger partial charge is 0.326 e. The number of rotatable bonds is 9. The second-order valence-corrected chi connectivity index (χ2v) is 8.73. The summed E-state index contributed by atoms with van der Waals surface area (Å²) in [5, 5.41) is 11.0. The minimum Gasteiger partial charge on any atom is -0.480 e. The molecule has 1 heterocycles. The number of carbonyl (C=O) groups excluding carboxylic acids is 2. The monoisotopic (exact) mass is 497 g/mol. The predicted octanol–water partition coefficient (Wildman–Crippen LogP) is 2.30. The molecular weight excluding hydrogens is 471 g/mol. The van der Waals surface area contributed by atoms with Gasteiger partial charge in [-0.3, -0.25) is 9.59 Å². The molecule has 0 spiro atoms. The first-order chi connectivity index (χ1) is 14.5. The van der Waals surface area contributed by atoms with Crippen LogP contribution >= 0.6 is 24.2 Å². The van der Waals surface area contributed by atoms with Gasteiger partial charge in [0.1, 0.15) is 11.9 Å². The molecule has 0 saturated carbocycles. The highest BCUT2D eigenvalue weighted by molar-refractivity contribution is 8.00. The Hall–Kier alpha value is -1.98. The van der Waals surface area contributed by atoms with E-state index >= 15 is 0 Å². The number of hydrogen-bond donors (Lipinski definition) is 3. The van der Waals surface area contributed by atoms with E-state index in [1.54, 1.807) is 6.92 Å². The molecule has 0 radical (unpaired) electrons. The van der Waals surface area contributed by atoms with Crippen molar-refractivity contribution in [1.29, 1.82) is 0 Å². The van der Waals surface area contributed by atoms with Crippen LogP contribution < -0.4 is 11.1 Å². The number of aliphatic carboxylic acids is 1. The average molecular weight is 498 g/mol. The fourth-order valence-electron chi connectivity index (χ4n) is 3.27. The Morgan fingerprint density at radius 1 is 1.25 bits per heavy atom. The summed E-state index contributed by atoms with van der Waals surface area (Å²) in [6.45, 7) is 3.79. The maximum absolute atomic E-state index is 13.8. The third-order valence-corrected chi connectivity index (χ3v) is 6.42. The third-order valence-electron chi connectivity index (χ3n) is 5.22. The van der Waals surface area contributed by atoms with E-state index in [4.69, 9.17) is 5.73 Å². The van der Waals surface area contributed by atoms with Gasteiger partial charge in [-0.25, -0.2) is 18.0 Å². The fraction of sp³-hybridized carbons (Fsp3) is 0.550. The molecule has 1 unspecified atom stereocenters. The summed E-state index contributed by atoms with van der Waals surface area (Å²) < 4.78 is 40.2. The number of hydrogen-bond acceptors (Lipinski definition) is 5. The second-order valence-electron chi connectivity index (χ2n) is 7.55. The van der Waals surface area contributed by atoms with Crippen LogP contribution in [0.2, 0.25) is 0 Å². The van der Waals surface area contributed by atoms with Crippen molar-refractivity contribution in [3.05, 3.63) is 35.1 Å². The van der Waals surface area contributed by atoms with Crippen molar-refractivity contribution in [2.24, 2.45) is 11.7 Å². The van der Waals surface area contributed by atoms with Crippen molar-refractivity contribution < 1.29 is 32.7 Å². The van der Waals surface area contributed by atoms with Crippen LogP contribution in [0.4, 0.5) is 13.2 Å². The van der Waals surface area contributed by atoms with Crippen LogP contribution in [-0.4, -0.2) is 57.5 Å². The summed E-state index contributed by atoms with van der Waals surface area (Å²) in [5.41, 5.74) is 5.76. The van der Waals surface area contributed by atoms with Gasteiger partial charge in [-0.15, -0.1) is 24.2 Å². The van der Waals surface area contributed by atoms with Crippen molar-refractivity contribution in [2.75, 3.05) is 12.3 Å². The lowest BCUT2D eigenvalue weighted by molar-refractivity contribution is -0.144. The molecular formula is C20H27ClF3N3O4S.